The Morgan fingerprint density at radius 2 is 1.88 bits per heavy atom. The van der Waals surface area contributed by atoms with E-state index in [2.05, 4.69) is 14.9 Å². The molecule has 0 aliphatic carbocycles. The van der Waals surface area contributed by atoms with Crippen LogP contribution in [0.4, 0.5) is 0 Å². The van der Waals surface area contributed by atoms with E-state index >= 15 is 0 Å². The zero-order valence-electron chi connectivity index (χ0n) is 12.9. The van der Waals surface area contributed by atoms with Crippen LogP contribution < -0.4 is 0 Å². The number of nitrogens with zero attached hydrogens (tertiary/aromatic N) is 4. The molecule has 24 heavy (non-hydrogen) atoms. The van der Waals surface area contributed by atoms with Gasteiger partial charge in [0.15, 0.2) is 5.82 Å². The van der Waals surface area contributed by atoms with Crippen molar-refractivity contribution in [2.45, 2.75) is 6.04 Å². The van der Waals surface area contributed by atoms with Crippen LogP contribution in [-0.4, -0.2) is 62.7 Å². The van der Waals surface area contributed by atoms with Crippen LogP contribution in [0.5, 0.6) is 0 Å². The number of morpholine rings is 1. The van der Waals surface area contributed by atoms with Gasteiger partial charge in [0.1, 0.15) is 5.69 Å². The summed E-state index contributed by atoms with van der Waals surface area (Å²) in [5.74, 6) is -0.580. The van der Waals surface area contributed by atoms with E-state index in [1.54, 1.807) is 0 Å². The second-order valence-electron chi connectivity index (χ2n) is 5.36. The molecule has 2 N–H and O–H groups in total. The first kappa shape index (κ1) is 16.5. The maximum Gasteiger partial charge on any atom is 0.321 e. The maximum atomic E-state index is 11.7. The molecule has 1 aromatic heterocycles. The van der Waals surface area contributed by atoms with E-state index in [4.69, 9.17) is 15.2 Å². The summed E-state index contributed by atoms with van der Waals surface area (Å²) in [4.78, 5) is 22.5. The van der Waals surface area contributed by atoms with Crippen molar-refractivity contribution >= 4 is 5.91 Å². The van der Waals surface area contributed by atoms with Crippen molar-refractivity contribution in [2.24, 2.45) is 0 Å². The highest BCUT2D eigenvalue weighted by molar-refractivity contribution is 5.90. The molecule has 0 spiro atoms. The molecule has 8 heteroatoms. The predicted octanol–water partition coefficient (Wildman–Crippen LogP) is 1.12. The minimum absolute atomic E-state index is 0.0841. The molecule has 1 aromatic carbocycles. The summed E-state index contributed by atoms with van der Waals surface area (Å²) in [6, 6.07) is 10.8. The summed E-state index contributed by atoms with van der Waals surface area (Å²) >= 11 is 0. The van der Waals surface area contributed by atoms with E-state index in [1.165, 1.54) is 12.3 Å². The minimum atomic E-state index is -1.01. The Balaban J connectivity index is 1.99. The molecule has 126 valence electrons. The smallest absolute Gasteiger partial charge is 0.321 e. The van der Waals surface area contributed by atoms with Crippen molar-refractivity contribution in [3.63, 3.8) is 0 Å². The number of amides is 1. The Morgan fingerprint density at radius 1 is 1.17 bits per heavy atom. The van der Waals surface area contributed by atoms with Crippen LogP contribution in [0.2, 0.25) is 0 Å². The molecule has 1 fully saturated rings. The minimum Gasteiger partial charge on any atom is -0.379 e. The Kier molecular flexibility index (Phi) is 5.11. The number of ether oxygens (including phenoxy) is 1. The van der Waals surface area contributed by atoms with Gasteiger partial charge in [0, 0.05) is 19.3 Å². The average molecular weight is 330 g/mol. The summed E-state index contributed by atoms with van der Waals surface area (Å²) in [7, 11) is 0. The van der Waals surface area contributed by atoms with Crippen LogP contribution in [0.1, 0.15) is 27.9 Å². The van der Waals surface area contributed by atoms with Gasteiger partial charge in [-0.3, -0.25) is 20.1 Å². The van der Waals surface area contributed by atoms with E-state index in [0.717, 1.165) is 5.56 Å². The van der Waals surface area contributed by atoms with E-state index < -0.39 is 11.1 Å². The first-order chi connectivity index (χ1) is 11.7. The number of aromatic nitrogens is 2. The van der Waals surface area contributed by atoms with Gasteiger partial charge in [-0.25, -0.2) is 9.97 Å². The predicted molar refractivity (Wildman–Crippen MR) is 82.5 cm³/mol. The number of hydroxylamine groups is 2. The molecule has 1 saturated heterocycles. The summed E-state index contributed by atoms with van der Waals surface area (Å²) < 4.78 is 5.41. The van der Waals surface area contributed by atoms with Crippen molar-refractivity contribution in [2.75, 3.05) is 26.3 Å². The molecule has 1 amide bonds. The van der Waals surface area contributed by atoms with Crippen LogP contribution in [0.15, 0.2) is 42.6 Å². The summed E-state index contributed by atoms with van der Waals surface area (Å²) in [5, 5.41) is 17.4. The fourth-order valence-corrected chi connectivity index (χ4v) is 2.72. The molecule has 1 aliphatic rings. The third kappa shape index (κ3) is 3.57. The highest BCUT2D eigenvalue weighted by Crippen LogP contribution is 2.27. The topological polar surface area (TPSA) is 99.0 Å². The number of rotatable bonds is 4. The lowest BCUT2D eigenvalue weighted by Crippen LogP contribution is -2.40. The zero-order chi connectivity index (χ0) is 16.9. The van der Waals surface area contributed by atoms with Crippen molar-refractivity contribution in [1.82, 2.24) is 20.1 Å². The number of hydrogen-bond acceptors (Lipinski definition) is 7. The molecule has 2 heterocycles. The Labute approximate surface area is 138 Å². The van der Waals surface area contributed by atoms with Gasteiger partial charge in [-0.15, -0.1) is 0 Å². The van der Waals surface area contributed by atoms with Gasteiger partial charge >= 0.3 is 5.91 Å². The van der Waals surface area contributed by atoms with Gasteiger partial charge in [0.05, 0.1) is 19.3 Å². The van der Waals surface area contributed by atoms with Crippen molar-refractivity contribution in [3.8, 4) is 0 Å². The second kappa shape index (κ2) is 7.45. The van der Waals surface area contributed by atoms with E-state index in [0.29, 0.717) is 32.1 Å². The third-order valence-electron chi connectivity index (χ3n) is 3.85. The Morgan fingerprint density at radius 3 is 2.54 bits per heavy atom. The van der Waals surface area contributed by atoms with Gasteiger partial charge in [0.2, 0.25) is 0 Å². The summed E-state index contributed by atoms with van der Waals surface area (Å²) in [6.45, 7) is 2.66. The molecular formula is C16H18N4O4. The summed E-state index contributed by atoms with van der Waals surface area (Å²) in [6.07, 6.45) is 1.44. The molecule has 2 aromatic rings. The fourth-order valence-electron chi connectivity index (χ4n) is 2.72. The molecule has 0 bridgehead atoms. The van der Waals surface area contributed by atoms with Crippen LogP contribution in [-0.2, 0) is 4.74 Å². The molecular weight excluding hydrogens is 312 g/mol. The van der Waals surface area contributed by atoms with E-state index in [-0.39, 0.29) is 11.7 Å². The van der Waals surface area contributed by atoms with Crippen molar-refractivity contribution < 1.29 is 19.9 Å². The fraction of sp³-hybridized carbons (Fsp3) is 0.312. The van der Waals surface area contributed by atoms with Crippen LogP contribution in [0.3, 0.4) is 0 Å². The highest BCUT2D eigenvalue weighted by atomic mass is 16.8. The summed E-state index contributed by atoms with van der Waals surface area (Å²) in [5.41, 5.74) is 0.910. The molecule has 3 rings (SSSR count). The van der Waals surface area contributed by atoms with Crippen molar-refractivity contribution in [3.05, 3.63) is 59.7 Å². The lowest BCUT2D eigenvalue weighted by molar-refractivity contribution is -0.260. The molecule has 0 saturated carbocycles. The first-order valence-electron chi connectivity index (χ1n) is 7.58. The number of carbonyl (C=O) groups is 1. The SMILES string of the molecule is O=C(c1ccnc(C(c2ccccc2)N2CCOCC2)n1)N(O)O. The second-order valence-corrected chi connectivity index (χ2v) is 5.36. The van der Waals surface area contributed by atoms with Crippen LogP contribution >= 0.6 is 0 Å². The Bertz CT molecular complexity index is 689. The van der Waals surface area contributed by atoms with Crippen LogP contribution in [0, 0.1) is 0 Å². The molecule has 1 atom stereocenters. The largest absolute Gasteiger partial charge is 0.379 e. The van der Waals surface area contributed by atoms with Crippen molar-refractivity contribution in [1.29, 1.82) is 0 Å². The van der Waals surface area contributed by atoms with Gasteiger partial charge in [-0.05, 0) is 11.6 Å². The molecule has 8 nitrogen and oxygen atoms in total. The van der Waals surface area contributed by atoms with Gasteiger partial charge in [-0.2, -0.15) is 0 Å². The zero-order valence-corrected chi connectivity index (χ0v) is 12.9. The molecule has 1 unspecified atom stereocenters. The standard InChI is InChI=1S/C16H18N4O4/c21-16(20(22)23)13-6-7-17-15(18-13)14(12-4-2-1-3-5-12)19-8-10-24-11-9-19/h1-7,14,22-23H,8-11H2. The maximum absolute atomic E-state index is 11.7. The average Bonchev–Trinajstić information content (AvgIpc) is 2.63. The first-order valence-corrected chi connectivity index (χ1v) is 7.58. The lowest BCUT2D eigenvalue weighted by Gasteiger charge is -2.33. The number of benzene rings is 1. The van der Waals surface area contributed by atoms with Gasteiger partial charge in [-0.1, -0.05) is 35.6 Å². The third-order valence-corrected chi connectivity index (χ3v) is 3.85. The Hall–Kier alpha value is -2.39. The van der Waals surface area contributed by atoms with Gasteiger partial charge < -0.3 is 4.74 Å². The van der Waals surface area contributed by atoms with E-state index in [9.17, 15) is 4.79 Å². The van der Waals surface area contributed by atoms with Crippen LogP contribution in [0.25, 0.3) is 0 Å². The number of hydrogen-bond donors (Lipinski definition) is 2. The quantitative estimate of drug-likeness (QED) is 0.640. The molecule has 1 aliphatic heterocycles. The molecule has 0 radical (unpaired) electrons. The highest BCUT2D eigenvalue weighted by Gasteiger charge is 2.27. The van der Waals surface area contributed by atoms with E-state index in [1.807, 2.05) is 30.3 Å². The lowest BCUT2D eigenvalue weighted by atomic mass is 10.0. The number of carbonyl (C=O) groups excluding carboxylic acids is 1. The van der Waals surface area contributed by atoms with Gasteiger partial charge in [0.25, 0.3) is 0 Å². The monoisotopic (exact) mass is 330 g/mol. The normalized spacial score (nSPS) is 16.6.